The van der Waals surface area contributed by atoms with Gasteiger partial charge in [0.25, 0.3) is 0 Å². The van der Waals surface area contributed by atoms with Gasteiger partial charge in [0.05, 0.1) is 30.9 Å². The van der Waals surface area contributed by atoms with Crippen molar-refractivity contribution in [3.05, 3.63) is 27.2 Å². The number of ether oxygens (including phenoxy) is 2. The van der Waals surface area contributed by atoms with Gasteiger partial charge in [-0.15, -0.1) is 0 Å². The highest BCUT2D eigenvalue weighted by Gasteiger charge is 2.31. The summed E-state index contributed by atoms with van der Waals surface area (Å²) in [6.45, 7) is 9.46. The molecule has 8 heteroatoms. The Balaban J connectivity index is 3.36. The van der Waals surface area contributed by atoms with Gasteiger partial charge in [0.15, 0.2) is 11.7 Å². The van der Waals surface area contributed by atoms with Crippen molar-refractivity contribution < 1.29 is 24.2 Å². The van der Waals surface area contributed by atoms with Crippen LogP contribution >= 0.6 is 27.5 Å². The number of ketones is 1. The molecule has 0 aromatic heterocycles. The summed E-state index contributed by atoms with van der Waals surface area (Å²) in [5.41, 5.74) is -0.219. The number of halogens is 2. The molecule has 6 nitrogen and oxygen atoms in total. The Morgan fingerprint density at radius 2 is 1.93 bits per heavy atom. The smallest absolute Gasteiger partial charge is 0.322 e. The number of benzene rings is 1. The fourth-order valence-electron chi connectivity index (χ4n) is 2.37. The molecule has 0 aliphatic heterocycles. The van der Waals surface area contributed by atoms with Gasteiger partial charge in [-0.1, -0.05) is 48.3 Å². The number of aliphatic imine (C=N–C) groups is 1. The Morgan fingerprint density at radius 1 is 1.29 bits per heavy atom. The lowest BCUT2D eigenvalue weighted by Crippen LogP contribution is -2.32. The van der Waals surface area contributed by atoms with E-state index in [-0.39, 0.29) is 29.2 Å². The summed E-state index contributed by atoms with van der Waals surface area (Å²) < 4.78 is 11.1. The summed E-state index contributed by atoms with van der Waals surface area (Å²) in [6, 6.07) is 2.70. The zero-order chi connectivity index (χ0) is 21.5. The molecule has 1 unspecified atom stereocenters. The van der Waals surface area contributed by atoms with Crippen LogP contribution in [-0.2, 0) is 9.53 Å². The fourth-order valence-corrected chi connectivity index (χ4v) is 3.07. The molecule has 0 aliphatic rings. The number of nitrogens with zero attached hydrogens (tertiary/aromatic N) is 1. The molecule has 0 spiro atoms. The highest BCUT2D eigenvalue weighted by Crippen LogP contribution is 2.34. The van der Waals surface area contributed by atoms with Gasteiger partial charge in [-0.05, 0) is 31.4 Å². The minimum absolute atomic E-state index is 0.118. The number of aliphatic hydroxyl groups is 1. The maximum Gasteiger partial charge on any atom is 0.322 e. The standard InChI is InChI=1S/C20H27BrClNO5/c1-6-27-15-9-12(21)8-13(17(15)22)18(25)14(19(26)28-7-2)10-23-16(11-24)20(3,4)5/h8-10,14,16,24H,6-7,11H2,1-5H3/t14?,16-/m1/s1. The lowest BCUT2D eigenvalue weighted by atomic mass is 9.87. The second kappa shape index (κ2) is 10.9. The first-order valence-corrected chi connectivity index (χ1v) is 10.2. The Bertz CT molecular complexity index is 730. The van der Waals surface area contributed by atoms with Gasteiger partial charge in [0, 0.05) is 16.3 Å². The number of rotatable bonds is 9. The van der Waals surface area contributed by atoms with Gasteiger partial charge in [0.2, 0.25) is 0 Å². The first kappa shape index (κ1) is 24.6. The Labute approximate surface area is 179 Å². The fraction of sp³-hybridized carbons (Fsp3) is 0.550. The first-order valence-electron chi connectivity index (χ1n) is 9.03. The summed E-state index contributed by atoms with van der Waals surface area (Å²) in [5, 5.41) is 9.71. The SMILES string of the molecule is CCOC(=O)C(C=N[C@H](CO)C(C)(C)C)C(=O)c1cc(Br)cc(OCC)c1Cl. The zero-order valence-electron chi connectivity index (χ0n) is 16.8. The van der Waals surface area contributed by atoms with Crippen molar-refractivity contribution in [3.8, 4) is 5.75 Å². The number of hydrogen-bond acceptors (Lipinski definition) is 6. The van der Waals surface area contributed by atoms with Crippen LogP contribution in [-0.4, -0.2) is 48.9 Å². The number of carbonyl (C=O) groups is 2. The molecule has 1 N–H and O–H groups in total. The highest BCUT2D eigenvalue weighted by atomic mass is 79.9. The largest absolute Gasteiger partial charge is 0.492 e. The quantitative estimate of drug-likeness (QED) is 0.248. The second-order valence-corrected chi connectivity index (χ2v) is 8.45. The van der Waals surface area contributed by atoms with Crippen molar-refractivity contribution in [2.24, 2.45) is 16.3 Å². The first-order chi connectivity index (χ1) is 13.1. The van der Waals surface area contributed by atoms with Crippen molar-refractivity contribution in [2.75, 3.05) is 19.8 Å². The van der Waals surface area contributed by atoms with E-state index in [4.69, 9.17) is 21.1 Å². The third-order valence-electron chi connectivity index (χ3n) is 3.98. The molecule has 1 aromatic rings. The van der Waals surface area contributed by atoms with Crippen molar-refractivity contribution in [2.45, 2.75) is 40.7 Å². The van der Waals surface area contributed by atoms with E-state index in [1.165, 1.54) is 12.3 Å². The van der Waals surface area contributed by atoms with Crippen LogP contribution in [0, 0.1) is 11.3 Å². The van der Waals surface area contributed by atoms with E-state index in [1.807, 2.05) is 20.8 Å². The van der Waals surface area contributed by atoms with Crippen molar-refractivity contribution in [3.63, 3.8) is 0 Å². The van der Waals surface area contributed by atoms with E-state index in [2.05, 4.69) is 20.9 Å². The number of hydrogen-bond donors (Lipinski definition) is 1. The van der Waals surface area contributed by atoms with Crippen LogP contribution in [0.15, 0.2) is 21.6 Å². The van der Waals surface area contributed by atoms with E-state index in [9.17, 15) is 14.7 Å². The van der Waals surface area contributed by atoms with E-state index in [0.29, 0.717) is 16.8 Å². The Hall–Kier alpha value is -1.44. The predicted molar refractivity (Wildman–Crippen MR) is 114 cm³/mol. The Morgan fingerprint density at radius 3 is 2.43 bits per heavy atom. The third-order valence-corrected chi connectivity index (χ3v) is 4.83. The summed E-state index contributed by atoms with van der Waals surface area (Å²) in [6.07, 6.45) is 1.24. The lowest BCUT2D eigenvalue weighted by Gasteiger charge is -2.25. The van der Waals surface area contributed by atoms with Crippen LogP contribution in [0.3, 0.4) is 0 Å². The van der Waals surface area contributed by atoms with Crippen molar-refractivity contribution >= 4 is 45.5 Å². The van der Waals surface area contributed by atoms with Crippen LogP contribution in [0.4, 0.5) is 0 Å². The maximum absolute atomic E-state index is 13.1. The van der Waals surface area contributed by atoms with Crippen molar-refractivity contribution in [1.29, 1.82) is 0 Å². The summed E-state index contributed by atoms with van der Waals surface area (Å²) in [7, 11) is 0. The van der Waals surface area contributed by atoms with Gasteiger partial charge >= 0.3 is 5.97 Å². The van der Waals surface area contributed by atoms with Crippen molar-refractivity contribution in [1.82, 2.24) is 0 Å². The van der Waals surface area contributed by atoms with Crippen LogP contribution in [0.25, 0.3) is 0 Å². The molecule has 2 atom stereocenters. The van der Waals surface area contributed by atoms with E-state index >= 15 is 0 Å². The molecule has 0 fully saturated rings. The Kier molecular flexibility index (Phi) is 9.60. The zero-order valence-corrected chi connectivity index (χ0v) is 19.1. The molecule has 1 rings (SSSR count). The third kappa shape index (κ3) is 6.57. The van der Waals surface area contributed by atoms with Crippen LogP contribution < -0.4 is 4.74 Å². The van der Waals surface area contributed by atoms with Crippen LogP contribution in [0.1, 0.15) is 45.0 Å². The van der Waals surface area contributed by atoms with Gasteiger partial charge in [0.1, 0.15) is 5.75 Å². The molecule has 0 radical (unpaired) electrons. The minimum Gasteiger partial charge on any atom is -0.492 e. The minimum atomic E-state index is -1.28. The van der Waals surface area contributed by atoms with Crippen LogP contribution in [0.5, 0.6) is 5.75 Å². The van der Waals surface area contributed by atoms with E-state index in [1.54, 1.807) is 19.9 Å². The van der Waals surface area contributed by atoms with Gasteiger partial charge < -0.3 is 14.6 Å². The summed E-state index contributed by atoms with van der Waals surface area (Å²) in [4.78, 5) is 29.9. The molecule has 28 heavy (non-hydrogen) atoms. The monoisotopic (exact) mass is 475 g/mol. The van der Waals surface area contributed by atoms with Crippen LogP contribution in [0.2, 0.25) is 5.02 Å². The highest BCUT2D eigenvalue weighted by molar-refractivity contribution is 9.10. The summed E-state index contributed by atoms with van der Waals surface area (Å²) in [5.74, 6) is -2.22. The van der Waals surface area contributed by atoms with Gasteiger partial charge in [-0.3, -0.25) is 14.6 Å². The predicted octanol–water partition coefficient (Wildman–Crippen LogP) is 4.34. The average molecular weight is 477 g/mol. The lowest BCUT2D eigenvalue weighted by molar-refractivity contribution is -0.144. The number of aliphatic hydroxyl groups excluding tert-OH is 1. The molecule has 1 aromatic carbocycles. The molecular formula is C20H27BrClNO5. The normalized spacial score (nSPS) is 14.0. The number of carbonyl (C=O) groups excluding carboxylic acids is 2. The topological polar surface area (TPSA) is 85.2 Å². The second-order valence-electron chi connectivity index (χ2n) is 7.15. The number of esters is 1. The average Bonchev–Trinajstić information content (AvgIpc) is 2.60. The molecule has 0 amide bonds. The maximum atomic E-state index is 13.1. The molecular weight excluding hydrogens is 450 g/mol. The molecule has 0 saturated heterocycles. The molecule has 0 bridgehead atoms. The molecule has 0 aliphatic carbocycles. The molecule has 156 valence electrons. The number of Topliss-reactive ketones (excluding diaryl/α,β-unsaturated/α-hetero) is 1. The van der Waals surface area contributed by atoms with Gasteiger partial charge in [-0.25, -0.2) is 0 Å². The summed E-state index contributed by atoms with van der Waals surface area (Å²) >= 11 is 9.67. The van der Waals surface area contributed by atoms with E-state index in [0.717, 1.165) is 0 Å². The van der Waals surface area contributed by atoms with Gasteiger partial charge in [-0.2, -0.15) is 0 Å². The molecule has 0 saturated carbocycles. The van der Waals surface area contributed by atoms with E-state index < -0.39 is 23.7 Å². The molecule has 0 heterocycles.